The number of carboxylic acids is 1. The minimum absolute atomic E-state index is 0.131. The Morgan fingerprint density at radius 1 is 1.20 bits per heavy atom. The SMILES string of the molecule is COC(c1nc(C)c(C(C)C(=O)O)c(C)n1)C(C)(C)C. The molecule has 0 saturated carbocycles. The van der Waals surface area contributed by atoms with E-state index < -0.39 is 11.9 Å². The first-order valence-corrected chi connectivity index (χ1v) is 6.70. The molecule has 0 aliphatic heterocycles. The quantitative estimate of drug-likeness (QED) is 0.917. The minimum Gasteiger partial charge on any atom is -0.481 e. The van der Waals surface area contributed by atoms with E-state index >= 15 is 0 Å². The van der Waals surface area contributed by atoms with E-state index in [4.69, 9.17) is 9.84 Å². The third kappa shape index (κ3) is 3.33. The van der Waals surface area contributed by atoms with Crippen molar-refractivity contribution in [2.45, 2.75) is 53.6 Å². The molecule has 2 unspecified atom stereocenters. The Balaban J connectivity index is 3.33. The van der Waals surface area contributed by atoms with Gasteiger partial charge in [0, 0.05) is 24.1 Å². The van der Waals surface area contributed by atoms with Crippen LogP contribution < -0.4 is 0 Å². The lowest BCUT2D eigenvalue weighted by Crippen LogP contribution is -2.24. The molecular weight excluding hydrogens is 256 g/mol. The Labute approximate surface area is 120 Å². The van der Waals surface area contributed by atoms with Gasteiger partial charge in [-0.1, -0.05) is 20.8 Å². The molecule has 20 heavy (non-hydrogen) atoms. The van der Waals surface area contributed by atoms with Gasteiger partial charge in [-0.05, 0) is 26.2 Å². The number of hydrogen-bond donors (Lipinski definition) is 1. The predicted molar refractivity (Wildman–Crippen MR) is 76.8 cm³/mol. The first-order valence-electron chi connectivity index (χ1n) is 6.70. The summed E-state index contributed by atoms with van der Waals surface area (Å²) in [6.07, 6.45) is -0.228. The van der Waals surface area contributed by atoms with Gasteiger partial charge in [0.2, 0.25) is 0 Å². The number of ether oxygens (including phenoxy) is 1. The van der Waals surface area contributed by atoms with Crippen LogP contribution in [0.15, 0.2) is 0 Å². The third-order valence-corrected chi connectivity index (χ3v) is 3.40. The van der Waals surface area contributed by atoms with Crippen molar-refractivity contribution < 1.29 is 14.6 Å². The fourth-order valence-corrected chi connectivity index (χ4v) is 2.46. The molecule has 1 aromatic rings. The standard InChI is InChI=1S/C15H24N2O3/c1-8(14(18)19)11-9(2)16-13(17-10(11)3)12(20-7)15(4,5)6/h8,12H,1-7H3,(H,18,19). The third-order valence-electron chi connectivity index (χ3n) is 3.40. The average molecular weight is 280 g/mol. The summed E-state index contributed by atoms with van der Waals surface area (Å²) < 4.78 is 5.52. The van der Waals surface area contributed by atoms with Crippen LogP contribution in [0.5, 0.6) is 0 Å². The topological polar surface area (TPSA) is 72.3 Å². The lowest BCUT2D eigenvalue weighted by molar-refractivity contribution is -0.138. The van der Waals surface area contributed by atoms with Crippen LogP contribution in [0.4, 0.5) is 0 Å². The van der Waals surface area contributed by atoms with Crippen LogP contribution in [0.1, 0.15) is 62.5 Å². The summed E-state index contributed by atoms with van der Waals surface area (Å²) in [5.41, 5.74) is 1.96. The van der Waals surface area contributed by atoms with Crippen molar-refractivity contribution in [2.24, 2.45) is 5.41 Å². The molecule has 112 valence electrons. The van der Waals surface area contributed by atoms with Gasteiger partial charge in [0.1, 0.15) is 6.10 Å². The molecule has 0 bridgehead atoms. The van der Waals surface area contributed by atoms with Crippen LogP contribution in [0.25, 0.3) is 0 Å². The lowest BCUT2D eigenvalue weighted by Gasteiger charge is -2.29. The van der Waals surface area contributed by atoms with Gasteiger partial charge < -0.3 is 9.84 Å². The van der Waals surface area contributed by atoms with Gasteiger partial charge in [-0.3, -0.25) is 4.79 Å². The molecule has 0 saturated heterocycles. The molecule has 2 atom stereocenters. The zero-order chi connectivity index (χ0) is 15.7. The summed E-state index contributed by atoms with van der Waals surface area (Å²) in [5.74, 6) is -0.873. The van der Waals surface area contributed by atoms with Gasteiger partial charge in [-0.25, -0.2) is 9.97 Å². The molecule has 0 aliphatic carbocycles. The van der Waals surface area contributed by atoms with E-state index in [1.54, 1.807) is 14.0 Å². The Hall–Kier alpha value is -1.49. The van der Waals surface area contributed by atoms with Gasteiger partial charge in [0.25, 0.3) is 0 Å². The second-order valence-electron chi connectivity index (χ2n) is 6.21. The first kappa shape index (κ1) is 16.6. The van der Waals surface area contributed by atoms with E-state index in [1.807, 2.05) is 13.8 Å². The minimum atomic E-state index is -0.869. The van der Waals surface area contributed by atoms with Crippen LogP contribution >= 0.6 is 0 Å². The summed E-state index contributed by atoms with van der Waals surface area (Å²) in [6.45, 7) is 11.5. The smallest absolute Gasteiger partial charge is 0.310 e. The molecule has 0 aromatic carbocycles. The highest BCUT2D eigenvalue weighted by Gasteiger charge is 2.30. The molecule has 1 N–H and O–H groups in total. The van der Waals surface area contributed by atoms with Gasteiger partial charge in [0.05, 0.1) is 5.92 Å². The van der Waals surface area contributed by atoms with Crippen LogP contribution in [0.3, 0.4) is 0 Å². The van der Waals surface area contributed by atoms with E-state index in [1.165, 1.54) is 0 Å². The van der Waals surface area contributed by atoms with Gasteiger partial charge in [0.15, 0.2) is 5.82 Å². The van der Waals surface area contributed by atoms with Crippen molar-refractivity contribution in [2.75, 3.05) is 7.11 Å². The van der Waals surface area contributed by atoms with E-state index in [2.05, 4.69) is 30.7 Å². The normalized spacial score (nSPS) is 14.9. The maximum atomic E-state index is 11.2. The van der Waals surface area contributed by atoms with Crippen molar-refractivity contribution in [1.82, 2.24) is 9.97 Å². The Bertz CT molecular complexity index is 483. The van der Waals surface area contributed by atoms with Crippen LogP contribution in [0.2, 0.25) is 0 Å². The zero-order valence-electron chi connectivity index (χ0n) is 13.3. The molecule has 1 heterocycles. The second kappa shape index (κ2) is 5.87. The van der Waals surface area contributed by atoms with Gasteiger partial charge in [-0.2, -0.15) is 0 Å². The van der Waals surface area contributed by atoms with Crippen molar-refractivity contribution >= 4 is 5.97 Å². The monoisotopic (exact) mass is 280 g/mol. The molecule has 1 aromatic heterocycles. The fourth-order valence-electron chi connectivity index (χ4n) is 2.46. The Kier molecular flexibility index (Phi) is 4.86. The maximum absolute atomic E-state index is 11.2. The van der Waals surface area contributed by atoms with Gasteiger partial charge in [-0.15, -0.1) is 0 Å². The molecular formula is C15H24N2O3. The molecule has 0 radical (unpaired) electrons. The van der Waals surface area contributed by atoms with Gasteiger partial charge >= 0.3 is 5.97 Å². The number of nitrogens with zero attached hydrogens (tertiary/aromatic N) is 2. The van der Waals surface area contributed by atoms with Crippen molar-refractivity contribution in [3.8, 4) is 0 Å². The number of aryl methyl sites for hydroxylation is 2. The van der Waals surface area contributed by atoms with Crippen molar-refractivity contribution in [1.29, 1.82) is 0 Å². The lowest BCUT2D eigenvalue weighted by atomic mass is 9.88. The number of carboxylic acid groups (broad SMARTS) is 1. The summed E-state index contributed by atoms with van der Waals surface area (Å²) in [6, 6.07) is 0. The highest BCUT2D eigenvalue weighted by Crippen LogP contribution is 2.34. The molecule has 1 rings (SSSR count). The van der Waals surface area contributed by atoms with E-state index in [0.29, 0.717) is 22.8 Å². The highest BCUT2D eigenvalue weighted by atomic mass is 16.5. The summed E-state index contributed by atoms with van der Waals surface area (Å²) in [4.78, 5) is 20.1. The zero-order valence-corrected chi connectivity index (χ0v) is 13.3. The number of aromatic nitrogens is 2. The number of methoxy groups -OCH3 is 1. The van der Waals surface area contributed by atoms with Crippen molar-refractivity contribution in [3.05, 3.63) is 22.8 Å². The molecule has 0 fully saturated rings. The molecule has 5 nitrogen and oxygen atoms in total. The maximum Gasteiger partial charge on any atom is 0.310 e. The Morgan fingerprint density at radius 3 is 1.95 bits per heavy atom. The number of carbonyl (C=O) groups is 1. The summed E-state index contributed by atoms with van der Waals surface area (Å²) in [5, 5.41) is 9.16. The molecule has 0 spiro atoms. The Morgan fingerprint density at radius 2 is 1.65 bits per heavy atom. The van der Waals surface area contributed by atoms with Crippen LogP contribution in [0, 0.1) is 19.3 Å². The summed E-state index contributed by atoms with van der Waals surface area (Å²) in [7, 11) is 1.64. The molecule has 0 aliphatic rings. The largest absolute Gasteiger partial charge is 0.481 e. The highest BCUT2D eigenvalue weighted by molar-refractivity contribution is 5.76. The molecule has 0 amide bonds. The first-order chi connectivity index (χ1) is 9.09. The number of aliphatic carboxylic acids is 1. The number of rotatable bonds is 4. The van der Waals surface area contributed by atoms with E-state index in [9.17, 15) is 4.79 Å². The average Bonchev–Trinajstić information content (AvgIpc) is 2.26. The summed E-state index contributed by atoms with van der Waals surface area (Å²) >= 11 is 0. The van der Waals surface area contributed by atoms with Crippen LogP contribution in [-0.4, -0.2) is 28.2 Å². The molecule has 5 heteroatoms. The second-order valence-corrected chi connectivity index (χ2v) is 6.21. The fraction of sp³-hybridized carbons (Fsp3) is 0.667. The van der Waals surface area contributed by atoms with Crippen LogP contribution in [-0.2, 0) is 9.53 Å². The number of hydrogen-bond acceptors (Lipinski definition) is 4. The predicted octanol–water partition coefficient (Wildman–Crippen LogP) is 3.02. The van der Waals surface area contributed by atoms with E-state index in [0.717, 1.165) is 0 Å². The van der Waals surface area contributed by atoms with Crippen molar-refractivity contribution in [3.63, 3.8) is 0 Å². The van der Waals surface area contributed by atoms with E-state index in [-0.39, 0.29) is 11.5 Å².